The maximum Gasteiger partial charge on any atom is 0.318 e. The van der Waals surface area contributed by atoms with Gasteiger partial charge < -0.3 is 19.4 Å². The lowest BCUT2D eigenvalue weighted by Gasteiger charge is -2.34. The third kappa shape index (κ3) is 3.67. The van der Waals surface area contributed by atoms with Crippen LogP contribution in [0, 0.1) is 5.92 Å². The van der Waals surface area contributed by atoms with Crippen LogP contribution in [-0.2, 0) is 11.3 Å². The zero-order chi connectivity index (χ0) is 13.8. The maximum atomic E-state index is 5.69. The molecule has 6 nitrogen and oxygen atoms in total. The molecule has 0 aliphatic carbocycles. The van der Waals surface area contributed by atoms with Crippen LogP contribution in [-0.4, -0.2) is 42.5 Å². The van der Waals surface area contributed by atoms with Gasteiger partial charge in [-0.25, -0.2) is 0 Å². The lowest BCUT2D eigenvalue weighted by atomic mass is 9.96. The lowest BCUT2D eigenvalue weighted by molar-refractivity contribution is 0.0485. The highest BCUT2D eigenvalue weighted by Crippen LogP contribution is 2.23. The van der Waals surface area contributed by atoms with E-state index in [-0.39, 0.29) is 6.10 Å². The van der Waals surface area contributed by atoms with Gasteiger partial charge in [0, 0.05) is 26.2 Å². The number of rotatable bonds is 5. The Balaban J connectivity index is 1.94. The molecule has 0 saturated carbocycles. The number of methoxy groups -OCH3 is 1. The maximum absolute atomic E-state index is 5.69. The van der Waals surface area contributed by atoms with E-state index in [1.54, 1.807) is 7.11 Å². The monoisotopic (exact) mass is 268 g/mol. The van der Waals surface area contributed by atoms with Gasteiger partial charge in [0.05, 0.1) is 12.6 Å². The van der Waals surface area contributed by atoms with E-state index >= 15 is 0 Å². The number of ether oxygens (including phenoxy) is 1. The highest BCUT2D eigenvalue weighted by molar-refractivity contribution is 5.25. The highest BCUT2D eigenvalue weighted by Gasteiger charge is 2.28. The van der Waals surface area contributed by atoms with Crippen LogP contribution in [0.3, 0.4) is 0 Å². The second-order valence-corrected chi connectivity index (χ2v) is 5.50. The topological polar surface area (TPSA) is 63.4 Å². The lowest BCUT2D eigenvalue weighted by Crippen LogP contribution is -2.44. The average molecular weight is 268 g/mol. The number of anilines is 1. The smallest absolute Gasteiger partial charge is 0.318 e. The zero-order valence-corrected chi connectivity index (χ0v) is 12.2. The van der Waals surface area contributed by atoms with Gasteiger partial charge in [-0.3, -0.25) is 0 Å². The summed E-state index contributed by atoms with van der Waals surface area (Å²) in [5.41, 5.74) is 0. The quantitative estimate of drug-likeness (QED) is 0.871. The van der Waals surface area contributed by atoms with Gasteiger partial charge >= 0.3 is 6.01 Å². The van der Waals surface area contributed by atoms with E-state index in [1.165, 1.54) is 0 Å². The number of hydrogen-bond donors (Lipinski definition) is 1. The van der Waals surface area contributed by atoms with Crippen LogP contribution in [0.1, 0.15) is 33.1 Å². The Morgan fingerprint density at radius 2 is 2.26 bits per heavy atom. The summed E-state index contributed by atoms with van der Waals surface area (Å²) in [6, 6.07) is 1.01. The molecule has 2 rings (SSSR count). The van der Waals surface area contributed by atoms with E-state index in [4.69, 9.17) is 9.15 Å². The van der Waals surface area contributed by atoms with Crippen LogP contribution < -0.4 is 10.2 Å². The first-order chi connectivity index (χ1) is 9.10. The number of hydrogen-bond acceptors (Lipinski definition) is 6. The molecule has 2 atom stereocenters. The first-order valence-electron chi connectivity index (χ1n) is 6.93. The minimum atomic E-state index is 0.234. The minimum Gasteiger partial charge on any atom is -0.407 e. The molecule has 2 heterocycles. The predicted octanol–water partition coefficient (Wildman–Crippen LogP) is 1.43. The van der Waals surface area contributed by atoms with Crippen molar-refractivity contribution in [1.29, 1.82) is 0 Å². The van der Waals surface area contributed by atoms with Gasteiger partial charge in [0.25, 0.3) is 0 Å². The summed E-state index contributed by atoms with van der Waals surface area (Å²) >= 11 is 0. The van der Waals surface area contributed by atoms with Gasteiger partial charge in [0.1, 0.15) is 0 Å². The third-order valence-electron chi connectivity index (χ3n) is 3.58. The molecular weight excluding hydrogens is 244 g/mol. The van der Waals surface area contributed by atoms with E-state index < -0.39 is 0 Å². The van der Waals surface area contributed by atoms with Crippen LogP contribution in [0.5, 0.6) is 0 Å². The summed E-state index contributed by atoms with van der Waals surface area (Å²) in [5.74, 6) is 1.21. The van der Waals surface area contributed by atoms with Crippen molar-refractivity contribution in [1.82, 2.24) is 15.5 Å². The second kappa shape index (κ2) is 6.34. The van der Waals surface area contributed by atoms with Crippen molar-refractivity contribution in [3.8, 4) is 0 Å². The normalized spacial score (nSPS) is 24.2. The fourth-order valence-corrected chi connectivity index (χ4v) is 2.25. The number of nitrogens with one attached hydrogen (secondary N) is 1. The van der Waals surface area contributed by atoms with E-state index in [1.807, 2.05) is 0 Å². The van der Waals surface area contributed by atoms with Crippen LogP contribution >= 0.6 is 0 Å². The van der Waals surface area contributed by atoms with Crippen molar-refractivity contribution in [3.63, 3.8) is 0 Å². The highest BCUT2D eigenvalue weighted by atomic mass is 16.5. The minimum absolute atomic E-state index is 0.234. The van der Waals surface area contributed by atoms with E-state index in [9.17, 15) is 0 Å². The molecule has 0 bridgehead atoms. The largest absolute Gasteiger partial charge is 0.407 e. The van der Waals surface area contributed by atoms with Gasteiger partial charge in [-0.2, -0.15) is 0 Å². The van der Waals surface area contributed by atoms with Crippen LogP contribution in [0.4, 0.5) is 6.01 Å². The van der Waals surface area contributed by atoms with Crippen molar-refractivity contribution in [3.05, 3.63) is 5.89 Å². The molecule has 1 aromatic rings. The molecule has 1 aliphatic heterocycles. The molecule has 1 fully saturated rings. The van der Waals surface area contributed by atoms with Crippen molar-refractivity contribution >= 4 is 6.01 Å². The molecule has 0 radical (unpaired) electrons. The molecule has 0 spiro atoms. The third-order valence-corrected chi connectivity index (χ3v) is 3.58. The van der Waals surface area contributed by atoms with Gasteiger partial charge in [-0.1, -0.05) is 25.9 Å². The Labute approximate surface area is 114 Å². The summed E-state index contributed by atoms with van der Waals surface area (Å²) < 4.78 is 11.2. The first-order valence-corrected chi connectivity index (χ1v) is 6.93. The van der Waals surface area contributed by atoms with Gasteiger partial charge in [0.15, 0.2) is 0 Å². The zero-order valence-electron chi connectivity index (χ0n) is 12.2. The Morgan fingerprint density at radius 3 is 2.95 bits per heavy atom. The Kier molecular flexibility index (Phi) is 4.76. The predicted molar refractivity (Wildman–Crippen MR) is 73.1 cm³/mol. The second-order valence-electron chi connectivity index (χ2n) is 5.50. The Hall–Kier alpha value is -1.14. The summed E-state index contributed by atoms with van der Waals surface area (Å²) in [6.07, 6.45) is 1.32. The number of aromatic nitrogens is 2. The molecule has 2 unspecified atom stereocenters. The van der Waals surface area contributed by atoms with E-state index in [0.29, 0.717) is 30.4 Å². The Morgan fingerprint density at radius 1 is 1.47 bits per heavy atom. The molecule has 19 heavy (non-hydrogen) atoms. The van der Waals surface area contributed by atoms with Gasteiger partial charge in [-0.15, -0.1) is 5.10 Å². The molecule has 6 heteroatoms. The fourth-order valence-electron chi connectivity index (χ4n) is 2.25. The molecule has 1 N–H and O–H groups in total. The van der Waals surface area contributed by atoms with Gasteiger partial charge in [-0.05, 0) is 12.3 Å². The van der Waals surface area contributed by atoms with Crippen LogP contribution in [0.2, 0.25) is 0 Å². The molecule has 0 aromatic carbocycles. The summed E-state index contributed by atoms with van der Waals surface area (Å²) in [6.45, 7) is 8.77. The average Bonchev–Trinajstić information content (AvgIpc) is 2.86. The van der Waals surface area contributed by atoms with Crippen molar-refractivity contribution < 1.29 is 9.15 Å². The van der Waals surface area contributed by atoms with Crippen LogP contribution in [0.15, 0.2) is 4.42 Å². The molecule has 1 saturated heterocycles. The summed E-state index contributed by atoms with van der Waals surface area (Å²) in [7, 11) is 1.76. The molecule has 1 aromatic heterocycles. The number of nitrogens with zero attached hydrogens (tertiary/aromatic N) is 3. The number of piperidine rings is 1. The first kappa shape index (κ1) is 14.3. The molecular formula is C13H24N4O2. The van der Waals surface area contributed by atoms with Crippen LogP contribution in [0.25, 0.3) is 0 Å². The summed E-state index contributed by atoms with van der Waals surface area (Å²) in [4.78, 5) is 2.11. The van der Waals surface area contributed by atoms with Crippen molar-refractivity contribution in [2.45, 2.75) is 45.9 Å². The standard InChI is InChI=1S/C13H24N4O2/c1-9(2)14-7-12-15-16-13(19-12)17-6-5-10(3)11(8-17)18-4/h9-11,14H,5-8H2,1-4H3. The van der Waals surface area contributed by atoms with Crippen molar-refractivity contribution in [2.24, 2.45) is 5.92 Å². The molecule has 108 valence electrons. The molecule has 0 amide bonds. The van der Waals surface area contributed by atoms with E-state index in [0.717, 1.165) is 19.5 Å². The Bertz CT molecular complexity index is 394. The SMILES string of the molecule is COC1CN(c2nnc(CNC(C)C)o2)CCC1C. The fraction of sp³-hybridized carbons (Fsp3) is 0.846. The molecule has 1 aliphatic rings. The van der Waals surface area contributed by atoms with E-state index in [2.05, 4.69) is 41.2 Å². The summed E-state index contributed by atoms with van der Waals surface area (Å²) in [5, 5.41) is 11.5. The van der Waals surface area contributed by atoms with Crippen molar-refractivity contribution in [2.75, 3.05) is 25.1 Å². The van der Waals surface area contributed by atoms with Gasteiger partial charge in [0.2, 0.25) is 5.89 Å².